The van der Waals surface area contributed by atoms with Gasteiger partial charge >= 0.3 is 5.97 Å². The van der Waals surface area contributed by atoms with Gasteiger partial charge in [-0.2, -0.15) is 0 Å². The van der Waals surface area contributed by atoms with Gasteiger partial charge < -0.3 is 10.1 Å². The Balaban J connectivity index is 1.99. The predicted molar refractivity (Wildman–Crippen MR) is 115 cm³/mol. The van der Waals surface area contributed by atoms with Crippen LogP contribution in [0.4, 0.5) is 5.00 Å². The summed E-state index contributed by atoms with van der Waals surface area (Å²) in [5.74, 6) is 0.198. The van der Waals surface area contributed by atoms with Crippen molar-refractivity contribution in [1.82, 2.24) is 0 Å². The Labute approximate surface area is 171 Å². The molecule has 0 aliphatic heterocycles. The molecule has 5 heteroatoms. The number of anilines is 1. The van der Waals surface area contributed by atoms with Gasteiger partial charge in [0.1, 0.15) is 10.6 Å². The fraction of sp³-hybridized carbons (Fsp3) is 0.478. The molecule has 4 nitrogen and oxygen atoms in total. The van der Waals surface area contributed by atoms with Crippen molar-refractivity contribution in [3.05, 3.63) is 40.3 Å². The molecule has 1 N–H and O–H groups in total. The first-order valence-corrected chi connectivity index (χ1v) is 11.0. The van der Waals surface area contributed by atoms with Crippen molar-refractivity contribution in [1.29, 1.82) is 0 Å². The highest BCUT2D eigenvalue weighted by molar-refractivity contribution is 7.17. The number of carbonyl (C=O) groups is 2. The van der Waals surface area contributed by atoms with E-state index in [2.05, 4.69) is 43.4 Å². The second-order valence-corrected chi connectivity index (χ2v) is 8.73. The first-order chi connectivity index (χ1) is 13.5. The molecule has 1 aliphatic rings. The first-order valence-electron chi connectivity index (χ1n) is 10.2. The summed E-state index contributed by atoms with van der Waals surface area (Å²) in [5.41, 5.74) is 3.61. The van der Waals surface area contributed by atoms with Crippen LogP contribution in [0.15, 0.2) is 24.3 Å². The van der Waals surface area contributed by atoms with Gasteiger partial charge in [-0.05, 0) is 50.2 Å². The summed E-state index contributed by atoms with van der Waals surface area (Å²) in [6.07, 6.45) is 4.03. The lowest BCUT2D eigenvalue weighted by molar-refractivity contribution is -0.122. The molecule has 3 rings (SSSR count). The zero-order valence-corrected chi connectivity index (χ0v) is 17.9. The van der Waals surface area contributed by atoms with E-state index in [0.29, 0.717) is 23.1 Å². The zero-order chi connectivity index (χ0) is 20.3. The minimum Gasteiger partial charge on any atom is -0.462 e. The Morgan fingerprint density at radius 3 is 2.43 bits per heavy atom. The third-order valence-electron chi connectivity index (χ3n) is 5.66. The third kappa shape index (κ3) is 4.14. The molecule has 2 aromatic rings. The molecule has 0 saturated heterocycles. The molecule has 1 fully saturated rings. The van der Waals surface area contributed by atoms with Crippen LogP contribution in [0.5, 0.6) is 0 Å². The smallest absolute Gasteiger partial charge is 0.341 e. The van der Waals surface area contributed by atoms with Gasteiger partial charge in [0.05, 0.1) is 6.61 Å². The molecule has 150 valence electrons. The van der Waals surface area contributed by atoms with Gasteiger partial charge in [-0.25, -0.2) is 4.79 Å². The maximum Gasteiger partial charge on any atom is 0.341 e. The summed E-state index contributed by atoms with van der Waals surface area (Å²) < 4.78 is 5.32. The van der Waals surface area contributed by atoms with Crippen molar-refractivity contribution in [2.75, 3.05) is 11.9 Å². The van der Waals surface area contributed by atoms with E-state index in [1.165, 1.54) is 16.9 Å². The number of thiophene rings is 1. The number of aryl methyl sites for hydroxylation is 1. The molecule has 1 aromatic heterocycles. The van der Waals surface area contributed by atoms with E-state index >= 15 is 0 Å². The Morgan fingerprint density at radius 1 is 1.21 bits per heavy atom. The monoisotopic (exact) mass is 399 g/mol. The van der Waals surface area contributed by atoms with Crippen LogP contribution in [-0.2, 0) is 9.53 Å². The van der Waals surface area contributed by atoms with Crippen molar-refractivity contribution in [2.24, 2.45) is 5.92 Å². The molecule has 1 aromatic carbocycles. The Morgan fingerprint density at radius 2 is 1.89 bits per heavy atom. The maximum absolute atomic E-state index is 12.8. The van der Waals surface area contributed by atoms with Crippen molar-refractivity contribution in [2.45, 2.75) is 59.3 Å². The predicted octanol–water partition coefficient (Wildman–Crippen LogP) is 6.15. The van der Waals surface area contributed by atoms with Crippen molar-refractivity contribution >= 4 is 28.2 Å². The molecule has 0 bridgehead atoms. The lowest BCUT2D eigenvalue weighted by atomic mass is 9.85. The quantitative estimate of drug-likeness (QED) is 0.568. The van der Waals surface area contributed by atoms with Gasteiger partial charge in [-0.3, -0.25) is 4.79 Å². The van der Waals surface area contributed by atoms with E-state index in [0.717, 1.165) is 41.7 Å². The standard InChI is InChI=1S/C23H29NO3S/c1-5-14(3)16-10-12-17(13-11-16)19-15(4)28-22(20(19)23(26)27-6-2)24-21(25)18-8-7-9-18/h10-14,18H,5-9H2,1-4H3,(H,24,25). The lowest BCUT2D eigenvalue weighted by Crippen LogP contribution is -2.28. The fourth-order valence-electron chi connectivity index (χ4n) is 3.48. The molecule has 1 saturated carbocycles. The van der Waals surface area contributed by atoms with Crippen LogP contribution in [0.3, 0.4) is 0 Å². The average molecular weight is 400 g/mol. The largest absolute Gasteiger partial charge is 0.462 e. The number of carbonyl (C=O) groups excluding carboxylic acids is 2. The number of nitrogens with one attached hydrogen (secondary N) is 1. The third-order valence-corrected chi connectivity index (χ3v) is 6.68. The highest BCUT2D eigenvalue weighted by Gasteiger charge is 2.29. The van der Waals surface area contributed by atoms with Crippen LogP contribution in [0, 0.1) is 12.8 Å². The van der Waals surface area contributed by atoms with Gasteiger partial charge in [0.2, 0.25) is 5.91 Å². The van der Waals surface area contributed by atoms with E-state index in [-0.39, 0.29) is 17.8 Å². The fourth-order valence-corrected chi connectivity index (χ4v) is 4.54. The van der Waals surface area contributed by atoms with E-state index < -0.39 is 0 Å². The van der Waals surface area contributed by atoms with Crippen LogP contribution < -0.4 is 5.32 Å². The van der Waals surface area contributed by atoms with Crippen molar-refractivity contribution in [3.8, 4) is 11.1 Å². The molecular weight excluding hydrogens is 370 g/mol. The molecule has 0 radical (unpaired) electrons. The number of hydrogen-bond donors (Lipinski definition) is 1. The molecule has 0 spiro atoms. The van der Waals surface area contributed by atoms with Crippen LogP contribution in [-0.4, -0.2) is 18.5 Å². The molecular formula is C23H29NO3S. The van der Waals surface area contributed by atoms with Crippen LogP contribution >= 0.6 is 11.3 Å². The van der Waals surface area contributed by atoms with E-state index in [9.17, 15) is 9.59 Å². The Hall–Kier alpha value is -2.14. The first kappa shape index (κ1) is 20.6. The zero-order valence-electron chi connectivity index (χ0n) is 17.1. The Kier molecular flexibility index (Phi) is 6.55. The molecule has 1 heterocycles. The van der Waals surface area contributed by atoms with Crippen molar-refractivity contribution in [3.63, 3.8) is 0 Å². The molecule has 1 aliphatic carbocycles. The topological polar surface area (TPSA) is 55.4 Å². The minimum absolute atomic E-state index is 0.0108. The summed E-state index contributed by atoms with van der Waals surface area (Å²) in [6, 6.07) is 8.39. The lowest BCUT2D eigenvalue weighted by Gasteiger charge is -2.23. The van der Waals surface area contributed by atoms with Crippen LogP contribution in [0.2, 0.25) is 0 Å². The van der Waals surface area contributed by atoms with E-state index in [1.807, 2.05) is 6.92 Å². The number of amides is 1. The van der Waals surface area contributed by atoms with Crippen LogP contribution in [0.1, 0.15) is 73.2 Å². The molecule has 1 atom stereocenters. The normalized spacial score (nSPS) is 15.0. The summed E-state index contributed by atoms with van der Waals surface area (Å²) in [4.78, 5) is 26.2. The van der Waals surface area contributed by atoms with Crippen LogP contribution in [0.25, 0.3) is 11.1 Å². The summed E-state index contributed by atoms with van der Waals surface area (Å²) in [7, 11) is 0. The summed E-state index contributed by atoms with van der Waals surface area (Å²) >= 11 is 1.45. The number of ether oxygens (including phenoxy) is 1. The second-order valence-electron chi connectivity index (χ2n) is 7.51. The highest BCUT2D eigenvalue weighted by Crippen LogP contribution is 2.41. The SMILES string of the molecule is CCOC(=O)c1c(NC(=O)C2CCC2)sc(C)c1-c1ccc(C(C)CC)cc1. The number of hydrogen-bond acceptors (Lipinski definition) is 4. The maximum atomic E-state index is 12.8. The number of rotatable bonds is 7. The molecule has 28 heavy (non-hydrogen) atoms. The minimum atomic E-state index is -0.378. The Bertz CT molecular complexity index is 849. The molecule has 1 amide bonds. The van der Waals surface area contributed by atoms with Crippen molar-refractivity contribution < 1.29 is 14.3 Å². The summed E-state index contributed by atoms with van der Waals surface area (Å²) in [6.45, 7) is 8.48. The van der Waals surface area contributed by atoms with Gasteiger partial charge in [0, 0.05) is 16.4 Å². The van der Waals surface area contributed by atoms with E-state index in [1.54, 1.807) is 6.92 Å². The van der Waals surface area contributed by atoms with Gasteiger partial charge in [0.25, 0.3) is 0 Å². The average Bonchev–Trinajstić information content (AvgIpc) is 2.95. The van der Waals surface area contributed by atoms with Gasteiger partial charge in [-0.15, -0.1) is 11.3 Å². The number of benzene rings is 1. The molecule has 1 unspecified atom stereocenters. The van der Waals surface area contributed by atoms with Gasteiger partial charge in [-0.1, -0.05) is 44.5 Å². The highest BCUT2D eigenvalue weighted by atomic mass is 32.1. The van der Waals surface area contributed by atoms with Gasteiger partial charge in [0.15, 0.2) is 0 Å². The van der Waals surface area contributed by atoms with E-state index in [4.69, 9.17) is 4.74 Å². The number of esters is 1. The second kappa shape index (κ2) is 8.91. The summed E-state index contributed by atoms with van der Waals surface area (Å²) in [5, 5.41) is 3.61.